The van der Waals surface area contributed by atoms with E-state index in [1.54, 1.807) is 6.07 Å². The molecule has 24 heavy (non-hydrogen) atoms. The van der Waals surface area contributed by atoms with Crippen molar-refractivity contribution in [3.8, 4) is 0 Å². The molecule has 0 aromatic heterocycles. The minimum atomic E-state index is -3.60. The summed E-state index contributed by atoms with van der Waals surface area (Å²) in [5.41, 5.74) is 1.79. The van der Waals surface area contributed by atoms with Crippen LogP contribution in [0.2, 0.25) is 5.02 Å². The molecule has 0 spiro atoms. The predicted octanol–water partition coefficient (Wildman–Crippen LogP) is 2.57. The Morgan fingerprint density at radius 1 is 1.00 bits per heavy atom. The van der Waals surface area contributed by atoms with Gasteiger partial charge in [-0.05, 0) is 31.3 Å². The molecule has 0 fully saturated rings. The Hall–Kier alpha value is -1.44. The largest absolute Gasteiger partial charge is 0.301 e. The topological polar surface area (TPSA) is 61.4 Å². The molecule has 1 atom stereocenters. The second-order valence-electron chi connectivity index (χ2n) is 5.66. The zero-order valence-corrected chi connectivity index (χ0v) is 15.3. The lowest BCUT2D eigenvalue weighted by molar-refractivity contribution is 0.299. The van der Waals surface area contributed by atoms with Crippen LogP contribution in [0.4, 0.5) is 0 Å². The van der Waals surface area contributed by atoms with Crippen molar-refractivity contribution in [2.24, 2.45) is 0 Å². The van der Waals surface area contributed by atoms with E-state index in [2.05, 4.69) is 9.44 Å². The third-order valence-corrected chi connectivity index (χ3v) is 5.08. The summed E-state index contributed by atoms with van der Waals surface area (Å²) in [5, 5.41) is 0.618. The summed E-state index contributed by atoms with van der Waals surface area (Å²) in [6, 6.07) is 16.7. The average molecular weight is 368 g/mol. The molecule has 0 bridgehead atoms. The van der Waals surface area contributed by atoms with Crippen LogP contribution in [-0.2, 0) is 16.8 Å². The smallest absolute Gasteiger partial charge is 0.277 e. The van der Waals surface area contributed by atoms with Crippen molar-refractivity contribution in [3.63, 3.8) is 0 Å². The normalized spacial score (nSPS) is 13.2. The van der Waals surface area contributed by atoms with Gasteiger partial charge in [0.2, 0.25) is 0 Å². The summed E-state index contributed by atoms with van der Waals surface area (Å²) in [6.45, 7) is 0.468. The maximum Gasteiger partial charge on any atom is 0.277 e. The molecule has 5 nitrogen and oxygen atoms in total. The molecule has 0 saturated heterocycles. The number of benzene rings is 2. The number of halogens is 1. The van der Waals surface area contributed by atoms with Crippen molar-refractivity contribution in [2.75, 3.05) is 20.6 Å². The van der Waals surface area contributed by atoms with E-state index in [1.165, 1.54) is 0 Å². The van der Waals surface area contributed by atoms with E-state index >= 15 is 0 Å². The number of hydrogen-bond donors (Lipinski definition) is 2. The van der Waals surface area contributed by atoms with Crippen LogP contribution in [0.3, 0.4) is 0 Å². The first-order valence-corrected chi connectivity index (χ1v) is 9.44. The number of nitrogens with zero attached hydrogens (tertiary/aromatic N) is 1. The lowest BCUT2D eigenvalue weighted by Crippen LogP contribution is -2.40. The SMILES string of the molecule is CN(C)[C@@H](CNS(=O)(=O)NCc1ccccc1)c1ccccc1Cl. The van der Waals surface area contributed by atoms with Gasteiger partial charge in [-0.25, -0.2) is 4.72 Å². The second kappa shape index (κ2) is 8.60. The van der Waals surface area contributed by atoms with Crippen LogP contribution in [0, 0.1) is 0 Å². The third-order valence-electron chi connectivity index (χ3n) is 3.66. The van der Waals surface area contributed by atoms with Crippen LogP contribution >= 0.6 is 11.6 Å². The molecule has 2 rings (SSSR count). The van der Waals surface area contributed by atoms with Crippen molar-refractivity contribution >= 4 is 21.8 Å². The van der Waals surface area contributed by atoms with Gasteiger partial charge in [0.05, 0.1) is 0 Å². The number of likely N-dealkylation sites (N-methyl/N-ethyl adjacent to an activating group) is 1. The molecular formula is C17H22ClN3O2S. The van der Waals surface area contributed by atoms with Gasteiger partial charge in [-0.2, -0.15) is 13.1 Å². The fraction of sp³-hybridized carbons (Fsp3) is 0.294. The molecule has 130 valence electrons. The Morgan fingerprint density at radius 3 is 2.25 bits per heavy atom. The van der Waals surface area contributed by atoms with E-state index in [4.69, 9.17) is 11.6 Å². The van der Waals surface area contributed by atoms with E-state index in [0.29, 0.717) is 5.02 Å². The van der Waals surface area contributed by atoms with Crippen molar-refractivity contribution in [2.45, 2.75) is 12.6 Å². The second-order valence-corrected chi connectivity index (χ2v) is 7.65. The summed E-state index contributed by atoms with van der Waals surface area (Å²) in [6.07, 6.45) is 0. The van der Waals surface area contributed by atoms with E-state index in [-0.39, 0.29) is 19.1 Å². The standard InChI is InChI=1S/C17H22ClN3O2S/c1-21(2)17(15-10-6-7-11-16(15)18)13-20-24(22,23)19-12-14-8-4-3-5-9-14/h3-11,17,19-20H,12-13H2,1-2H3/t17-/m0/s1. The first-order valence-electron chi connectivity index (χ1n) is 7.58. The molecular weight excluding hydrogens is 346 g/mol. The number of hydrogen-bond acceptors (Lipinski definition) is 3. The van der Waals surface area contributed by atoms with Gasteiger partial charge in [0.25, 0.3) is 10.2 Å². The summed E-state index contributed by atoms with van der Waals surface area (Å²) < 4.78 is 29.5. The fourth-order valence-electron chi connectivity index (χ4n) is 2.33. The summed E-state index contributed by atoms with van der Waals surface area (Å²) >= 11 is 6.23. The summed E-state index contributed by atoms with van der Waals surface area (Å²) in [7, 11) is 0.178. The summed E-state index contributed by atoms with van der Waals surface area (Å²) in [4.78, 5) is 1.93. The van der Waals surface area contributed by atoms with Gasteiger partial charge in [-0.3, -0.25) is 0 Å². The summed E-state index contributed by atoms with van der Waals surface area (Å²) in [5.74, 6) is 0. The van der Waals surface area contributed by atoms with E-state index < -0.39 is 10.2 Å². The van der Waals surface area contributed by atoms with Gasteiger partial charge in [0.1, 0.15) is 0 Å². The van der Waals surface area contributed by atoms with E-state index in [9.17, 15) is 8.42 Å². The van der Waals surface area contributed by atoms with Gasteiger partial charge in [0, 0.05) is 24.2 Å². The molecule has 0 aliphatic heterocycles. The fourth-order valence-corrected chi connectivity index (χ4v) is 3.43. The Kier molecular flexibility index (Phi) is 6.77. The third kappa shape index (κ3) is 5.58. The quantitative estimate of drug-likeness (QED) is 0.753. The van der Waals surface area contributed by atoms with Crippen LogP contribution in [-0.4, -0.2) is 34.0 Å². The van der Waals surface area contributed by atoms with Gasteiger partial charge < -0.3 is 4.90 Å². The molecule has 2 N–H and O–H groups in total. The van der Waals surface area contributed by atoms with Crippen LogP contribution in [0.15, 0.2) is 54.6 Å². The zero-order valence-electron chi connectivity index (χ0n) is 13.7. The predicted molar refractivity (Wildman–Crippen MR) is 98.1 cm³/mol. The Balaban J connectivity index is 1.99. The Morgan fingerprint density at radius 2 is 1.62 bits per heavy atom. The molecule has 0 amide bonds. The highest BCUT2D eigenvalue weighted by molar-refractivity contribution is 7.87. The van der Waals surface area contributed by atoms with E-state index in [0.717, 1.165) is 11.1 Å². The lowest BCUT2D eigenvalue weighted by Gasteiger charge is -2.26. The Labute approximate surface area is 148 Å². The number of nitrogens with one attached hydrogen (secondary N) is 2. The maximum absolute atomic E-state index is 12.2. The molecule has 0 radical (unpaired) electrons. The average Bonchev–Trinajstić information content (AvgIpc) is 2.55. The molecule has 2 aromatic carbocycles. The van der Waals surface area contributed by atoms with E-state index in [1.807, 2.05) is 67.5 Å². The minimum absolute atomic E-state index is 0.160. The molecule has 0 aliphatic carbocycles. The van der Waals surface area contributed by atoms with Gasteiger partial charge in [0.15, 0.2) is 0 Å². The lowest BCUT2D eigenvalue weighted by atomic mass is 10.1. The highest BCUT2D eigenvalue weighted by Gasteiger charge is 2.19. The van der Waals surface area contributed by atoms with Gasteiger partial charge in [-0.1, -0.05) is 60.1 Å². The van der Waals surface area contributed by atoms with Gasteiger partial charge >= 0.3 is 0 Å². The van der Waals surface area contributed by atoms with Crippen molar-refractivity contribution < 1.29 is 8.42 Å². The molecule has 0 aliphatic rings. The highest BCUT2D eigenvalue weighted by atomic mass is 35.5. The van der Waals surface area contributed by atoms with Gasteiger partial charge in [-0.15, -0.1) is 0 Å². The minimum Gasteiger partial charge on any atom is -0.301 e. The van der Waals surface area contributed by atoms with Crippen LogP contribution in [0.5, 0.6) is 0 Å². The molecule has 0 saturated carbocycles. The Bertz CT molecular complexity index is 751. The molecule has 7 heteroatoms. The first-order chi connectivity index (χ1) is 11.4. The van der Waals surface area contributed by atoms with Crippen LogP contribution in [0.25, 0.3) is 0 Å². The van der Waals surface area contributed by atoms with Crippen molar-refractivity contribution in [3.05, 3.63) is 70.7 Å². The van der Waals surface area contributed by atoms with Crippen molar-refractivity contribution in [1.29, 1.82) is 0 Å². The highest BCUT2D eigenvalue weighted by Crippen LogP contribution is 2.25. The zero-order chi connectivity index (χ0) is 17.6. The molecule has 2 aromatic rings. The molecule has 0 heterocycles. The van der Waals surface area contributed by atoms with Crippen LogP contribution in [0.1, 0.15) is 17.2 Å². The molecule has 0 unspecified atom stereocenters. The monoisotopic (exact) mass is 367 g/mol. The van der Waals surface area contributed by atoms with Crippen molar-refractivity contribution in [1.82, 2.24) is 14.3 Å². The number of rotatable bonds is 8. The first kappa shape index (κ1) is 18.9. The maximum atomic E-state index is 12.2. The van der Waals surface area contributed by atoms with Crippen LogP contribution < -0.4 is 9.44 Å².